The third kappa shape index (κ3) is 7.35. The van der Waals surface area contributed by atoms with Crippen LogP contribution in [0, 0.1) is 17.8 Å². The molecule has 286 valence electrons. The minimum atomic E-state index is -0.682. The maximum absolute atomic E-state index is 13.7. The maximum Gasteiger partial charge on any atom is 0.407 e. The molecular formula is C39H47N7O6S2. The number of likely N-dealkylation sites (tertiary alicyclic amines) is 2. The summed E-state index contributed by atoms with van der Waals surface area (Å²) in [6.45, 7) is 8.99. The number of hydrogen-bond acceptors (Lipinski definition) is 10. The van der Waals surface area contributed by atoms with Crippen molar-refractivity contribution in [1.29, 1.82) is 0 Å². The number of aromatic nitrogens is 4. The van der Waals surface area contributed by atoms with Crippen LogP contribution in [0.25, 0.3) is 41.4 Å². The van der Waals surface area contributed by atoms with Crippen LogP contribution in [0.2, 0.25) is 0 Å². The van der Waals surface area contributed by atoms with Crippen molar-refractivity contribution >= 4 is 67.0 Å². The highest BCUT2D eigenvalue weighted by Gasteiger charge is 2.39. The molecule has 2 saturated heterocycles. The molecule has 15 heteroatoms. The number of methoxy groups -OCH3 is 2. The van der Waals surface area contributed by atoms with Crippen LogP contribution >= 0.6 is 22.7 Å². The number of thiophene rings is 2. The van der Waals surface area contributed by atoms with Gasteiger partial charge >= 0.3 is 12.1 Å². The van der Waals surface area contributed by atoms with E-state index in [0.29, 0.717) is 13.1 Å². The molecule has 7 rings (SSSR count). The number of nitrogens with zero attached hydrogens (tertiary/aromatic N) is 4. The zero-order chi connectivity index (χ0) is 38.3. The Morgan fingerprint density at radius 2 is 1.52 bits per heavy atom. The molecule has 1 aromatic carbocycles. The second-order valence-corrected chi connectivity index (χ2v) is 17.0. The monoisotopic (exact) mass is 773 g/mol. The summed E-state index contributed by atoms with van der Waals surface area (Å²) >= 11 is 3.41. The molecule has 5 aromatic rings. The number of rotatable bonds is 11. The lowest BCUT2D eigenvalue weighted by atomic mass is 9.91. The Balaban J connectivity index is 1.06. The minimum absolute atomic E-state index is 0.00606. The van der Waals surface area contributed by atoms with E-state index >= 15 is 0 Å². The highest BCUT2D eigenvalue weighted by molar-refractivity contribution is 7.31. The number of carbonyl (C=O) groups excluding carboxylic acids is 4. The van der Waals surface area contributed by atoms with Crippen molar-refractivity contribution in [1.82, 2.24) is 35.1 Å². The van der Waals surface area contributed by atoms with E-state index in [1.54, 1.807) is 22.7 Å². The van der Waals surface area contributed by atoms with E-state index < -0.39 is 18.1 Å². The van der Waals surface area contributed by atoms with Crippen LogP contribution < -0.4 is 5.32 Å². The molecule has 54 heavy (non-hydrogen) atoms. The van der Waals surface area contributed by atoms with Gasteiger partial charge in [-0.25, -0.2) is 14.8 Å². The van der Waals surface area contributed by atoms with Gasteiger partial charge in [0.05, 0.1) is 66.4 Å². The third-order valence-corrected chi connectivity index (χ3v) is 13.1. The van der Waals surface area contributed by atoms with Crippen molar-refractivity contribution < 1.29 is 28.7 Å². The van der Waals surface area contributed by atoms with Crippen molar-refractivity contribution in [2.45, 2.75) is 77.9 Å². The summed E-state index contributed by atoms with van der Waals surface area (Å²) in [4.78, 5) is 73.9. The molecule has 13 nitrogen and oxygen atoms in total. The molecular weight excluding hydrogens is 727 g/mol. The Morgan fingerprint density at radius 3 is 2.19 bits per heavy atom. The molecule has 0 radical (unpaired) electrons. The summed E-state index contributed by atoms with van der Waals surface area (Å²) in [6.07, 6.45) is 4.62. The largest absolute Gasteiger partial charge is 0.469 e. The first kappa shape index (κ1) is 37.6. The second kappa shape index (κ2) is 15.5. The molecule has 1 unspecified atom stereocenters. The average Bonchev–Trinajstić information content (AvgIpc) is 3.99. The quantitative estimate of drug-likeness (QED) is 0.117. The van der Waals surface area contributed by atoms with E-state index in [2.05, 4.69) is 39.6 Å². The van der Waals surface area contributed by atoms with Crippen LogP contribution in [0.1, 0.15) is 83.5 Å². The van der Waals surface area contributed by atoms with Crippen molar-refractivity contribution in [3.8, 4) is 21.0 Å². The van der Waals surface area contributed by atoms with Gasteiger partial charge in [-0.15, -0.1) is 22.7 Å². The van der Waals surface area contributed by atoms with Crippen molar-refractivity contribution in [2.24, 2.45) is 17.8 Å². The number of hydrogen-bond donors (Lipinski definition) is 3. The number of aromatic amines is 2. The van der Waals surface area contributed by atoms with E-state index in [9.17, 15) is 19.2 Å². The van der Waals surface area contributed by atoms with Gasteiger partial charge in [-0.3, -0.25) is 14.4 Å². The van der Waals surface area contributed by atoms with E-state index in [4.69, 9.17) is 19.4 Å². The zero-order valence-electron chi connectivity index (χ0n) is 31.4. The van der Waals surface area contributed by atoms with Crippen LogP contribution in [0.5, 0.6) is 0 Å². The van der Waals surface area contributed by atoms with Gasteiger partial charge in [0, 0.05) is 27.4 Å². The summed E-state index contributed by atoms with van der Waals surface area (Å²) in [7, 11) is 2.65. The second-order valence-electron chi connectivity index (χ2n) is 14.9. The van der Waals surface area contributed by atoms with Gasteiger partial charge in [0.25, 0.3) is 0 Å². The van der Waals surface area contributed by atoms with Crippen molar-refractivity contribution in [3.63, 3.8) is 0 Å². The summed E-state index contributed by atoms with van der Waals surface area (Å²) in [5, 5.41) is 2.70. The van der Waals surface area contributed by atoms with Gasteiger partial charge < -0.3 is 34.6 Å². The number of nitrogens with one attached hydrogen (secondary N) is 3. The Labute approximate surface area is 321 Å². The maximum atomic E-state index is 13.7. The fourth-order valence-electron chi connectivity index (χ4n) is 7.67. The highest BCUT2D eigenvalue weighted by Crippen LogP contribution is 2.43. The van der Waals surface area contributed by atoms with Crippen LogP contribution in [-0.2, 0) is 23.9 Å². The van der Waals surface area contributed by atoms with E-state index in [-0.39, 0.29) is 48.1 Å². The number of H-pyrrole nitrogens is 2. The number of alkyl carbamates (subject to hydrolysis) is 1. The highest BCUT2D eigenvalue weighted by atomic mass is 32.1. The molecule has 0 bridgehead atoms. The molecule has 0 spiro atoms. The van der Waals surface area contributed by atoms with Crippen LogP contribution in [-0.4, -0.2) is 87.0 Å². The third-order valence-electron chi connectivity index (χ3n) is 10.7. The first-order valence-electron chi connectivity index (χ1n) is 18.6. The lowest BCUT2D eigenvalue weighted by molar-refractivity contribution is -0.148. The van der Waals surface area contributed by atoms with Crippen molar-refractivity contribution in [2.75, 3.05) is 27.3 Å². The molecule has 3 amide bonds. The number of ether oxygens (including phenoxy) is 2. The number of carbonyl (C=O) groups is 4. The van der Waals surface area contributed by atoms with E-state index in [1.165, 1.54) is 23.6 Å². The SMILES string of the molecule is COC(=O)C[C@@H](C(=O)N1CCCC1c1nc2cc(-c3cc4sc(-c5cnc([C@H]6CCCN6C(=O)[C@H](NC(=O)OC)C(C)C)[nH]5)cc4s3)ccc2[nH]1)C(C)C. The smallest absolute Gasteiger partial charge is 0.407 e. The van der Waals surface area contributed by atoms with E-state index in [0.717, 1.165) is 69.4 Å². The summed E-state index contributed by atoms with van der Waals surface area (Å²) < 4.78 is 12.0. The zero-order valence-corrected chi connectivity index (χ0v) is 33.1. The molecule has 4 atom stereocenters. The number of benzene rings is 1. The Hall–Kier alpha value is -4.76. The fraction of sp³-hybridized carbons (Fsp3) is 0.487. The molecule has 0 aliphatic carbocycles. The summed E-state index contributed by atoms with van der Waals surface area (Å²) in [5.41, 5.74) is 3.74. The molecule has 0 saturated carbocycles. The predicted molar refractivity (Wildman–Crippen MR) is 209 cm³/mol. The van der Waals surface area contributed by atoms with Crippen LogP contribution in [0.4, 0.5) is 4.79 Å². The molecule has 2 fully saturated rings. The van der Waals surface area contributed by atoms with Gasteiger partial charge in [0.15, 0.2) is 0 Å². The molecule has 2 aliphatic heterocycles. The lowest BCUT2D eigenvalue weighted by Crippen LogP contribution is -2.51. The normalized spacial score (nSPS) is 18.6. The number of esters is 1. The van der Waals surface area contributed by atoms with Crippen LogP contribution in [0.15, 0.2) is 36.5 Å². The Bertz CT molecular complexity index is 2150. The molecule has 2 aliphatic rings. The Kier molecular flexibility index (Phi) is 10.8. The number of imidazole rings is 2. The average molecular weight is 774 g/mol. The summed E-state index contributed by atoms with van der Waals surface area (Å²) in [6, 6.07) is 9.59. The van der Waals surface area contributed by atoms with Crippen molar-refractivity contribution in [3.05, 3.63) is 48.2 Å². The number of fused-ring (bicyclic) bond motifs is 2. The van der Waals surface area contributed by atoms with E-state index in [1.807, 2.05) is 49.8 Å². The fourth-order valence-corrected chi connectivity index (χ4v) is 10.0. The van der Waals surface area contributed by atoms with Gasteiger partial charge in [-0.1, -0.05) is 33.8 Å². The minimum Gasteiger partial charge on any atom is -0.469 e. The Morgan fingerprint density at radius 1 is 0.852 bits per heavy atom. The standard InChI is InChI=1S/C39H47N7O6S2/c1-20(2)23(16-33(47)51-5)37(48)45-13-8-10-28(45)36-41-24-12-11-22(15-25(24)42-36)29-17-31-32(53-29)18-30(54-31)26-19-40-35(43-26)27-9-7-14-46(27)38(49)34(21(3)4)44-39(50)52-6/h11-12,15,17-21,23,27-28,34H,7-10,13-14,16H2,1-6H3,(H,40,43)(H,41,42)(H,44,50)/t23-,27-,28?,34-/m1/s1. The van der Waals surface area contributed by atoms with Gasteiger partial charge in [0.1, 0.15) is 17.7 Å². The topological polar surface area (TPSA) is 163 Å². The first-order valence-corrected chi connectivity index (χ1v) is 20.2. The molecule has 4 aromatic heterocycles. The summed E-state index contributed by atoms with van der Waals surface area (Å²) in [5.74, 6) is 0.451. The van der Waals surface area contributed by atoms with Gasteiger partial charge in [0.2, 0.25) is 11.8 Å². The molecule has 3 N–H and O–H groups in total. The molecule has 6 heterocycles. The first-order chi connectivity index (χ1) is 25.9. The predicted octanol–water partition coefficient (Wildman–Crippen LogP) is 7.44. The van der Waals surface area contributed by atoms with Gasteiger partial charge in [-0.05, 0) is 67.3 Å². The number of amides is 3. The lowest BCUT2D eigenvalue weighted by Gasteiger charge is -2.30. The van der Waals surface area contributed by atoms with Gasteiger partial charge in [-0.2, -0.15) is 0 Å². The van der Waals surface area contributed by atoms with Crippen LogP contribution in [0.3, 0.4) is 0 Å².